The molecule has 0 aliphatic carbocycles. The van der Waals surface area contributed by atoms with Gasteiger partial charge < -0.3 is 13.4 Å². The van der Waals surface area contributed by atoms with Crippen LogP contribution in [0.2, 0.25) is 0 Å². The van der Waals surface area contributed by atoms with Crippen molar-refractivity contribution in [3.8, 4) is 33.9 Å². The summed E-state index contributed by atoms with van der Waals surface area (Å²) in [6, 6.07) is 66.6. The third-order valence-corrected chi connectivity index (χ3v) is 11.9. The minimum Gasteiger partial charge on any atom is -0.456 e. The summed E-state index contributed by atoms with van der Waals surface area (Å²) < 4.78 is 17.1. The molecule has 0 unspecified atom stereocenters. The molecule has 270 valence electrons. The van der Waals surface area contributed by atoms with Crippen LogP contribution >= 0.6 is 0 Å². The van der Waals surface area contributed by atoms with Crippen LogP contribution in [-0.4, -0.2) is 14.1 Å². The van der Waals surface area contributed by atoms with Crippen molar-refractivity contribution in [1.82, 2.24) is 14.1 Å². The van der Waals surface area contributed by atoms with Gasteiger partial charge in [0.05, 0.1) is 27.8 Å². The Kier molecular flexibility index (Phi) is 6.38. The van der Waals surface area contributed by atoms with Gasteiger partial charge in [-0.25, -0.2) is 4.98 Å². The van der Waals surface area contributed by atoms with Crippen molar-refractivity contribution in [3.05, 3.63) is 188 Å². The molecule has 0 aliphatic heterocycles. The number of benzene rings is 8. The number of hydrogen-bond donors (Lipinski definition) is 0. The monoisotopic (exact) mass is 741 g/mol. The predicted octanol–water partition coefficient (Wildman–Crippen LogP) is 14.4. The normalized spacial score (nSPS) is 12.1. The number of fused-ring (bicyclic) bond motifs is 13. The zero-order chi connectivity index (χ0) is 37.9. The predicted molar refractivity (Wildman–Crippen MR) is 238 cm³/mol. The van der Waals surface area contributed by atoms with E-state index in [0.29, 0.717) is 0 Å². The van der Waals surface area contributed by atoms with E-state index in [1.807, 2.05) is 24.3 Å². The molecule has 5 heterocycles. The Bertz CT molecular complexity index is 3820. The van der Waals surface area contributed by atoms with Crippen LogP contribution in [-0.2, 0) is 0 Å². The minimum absolute atomic E-state index is 0.870. The van der Waals surface area contributed by atoms with Gasteiger partial charge in [-0.1, -0.05) is 103 Å². The molecule has 5 heteroatoms. The molecule has 58 heavy (non-hydrogen) atoms. The molecule has 5 nitrogen and oxygen atoms in total. The van der Waals surface area contributed by atoms with Gasteiger partial charge in [0.1, 0.15) is 28.1 Å². The van der Waals surface area contributed by atoms with E-state index in [2.05, 4.69) is 173 Å². The maximum Gasteiger partial charge on any atom is 0.138 e. The number of nitrogens with zero attached hydrogens (tertiary/aromatic N) is 3. The molecule has 0 aliphatic rings. The molecule has 5 aromatic heterocycles. The van der Waals surface area contributed by atoms with Crippen molar-refractivity contribution in [2.75, 3.05) is 0 Å². The summed E-state index contributed by atoms with van der Waals surface area (Å²) in [7, 11) is 0. The fraction of sp³-hybridized carbons (Fsp3) is 0. The molecule has 0 spiro atoms. The van der Waals surface area contributed by atoms with E-state index in [-0.39, 0.29) is 0 Å². The Hall–Kier alpha value is -7.89. The Morgan fingerprint density at radius 1 is 0.345 bits per heavy atom. The van der Waals surface area contributed by atoms with Crippen molar-refractivity contribution in [3.63, 3.8) is 0 Å². The van der Waals surface area contributed by atoms with Gasteiger partial charge in [0.15, 0.2) is 0 Å². The molecule has 0 fully saturated rings. The highest BCUT2D eigenvalue weighted by atomic mass is 16.3. The Balaban J connectivity index is 1.03. The lowest BCUT2D eigenvalue weighted by Crippen LogP contribution is -1.99. The van der Waals surface area contributed by atoms with Gasteiger partial charge in [-0.05, 0) is 96.1 Å². The molecule has 8 aromatic carbocycles. The third-order valence-electron chi connectivity index (χ3n) is 11.9. The smallest absolute Gasteiger partial charge is 0.138 e. The van der Waals surface area contributed by atoms with Crippen LogP contribution in [0.3, 0.4) is 0 Å². The summed E-state index contributed by atoms with van der Waals surface area (Å²) in [6.07, 6.45) is 0. The van der Waals surface area contributed by atoms with Crippen molar-refractivity contribution in [2.24, 2.45) is 0 Å². The van der Waals surface area contributed by atoms with Gasteiger partial charge in [-0.2, -0.15) is 0 Å². The second-order valence-electron chi connectivity index (χ2n) is 15.1. The van der Waals surface area contributed by atoms with Crippen LogP contribution in [0.15, 0.2) is 197 Å². The minimum atomic E-state index is 0.870. The lowest BCUT2D eigenvalue weighted by Gasteiger charge is -2.12. The summed E-state index contributed by atoms with van der Waals surface area (Å²) in [5.74, 6) is 0.870. The van der Waals surface area contributed by atoms with E-state index in [0.717, 1.165) is 99.8 Å². The van der Waals surface area contributed by atoms with Gasteiger partial charge in [-0.3, -0.25) is 4.57 Å². The maximum absolute atomic E-state index is 6.16. The van der Waals surface area contributed by atoms with Crippen molar-refractivity contribution < 1.29 is 8.83 Å². The Morgan fingerprint density at radius 2 is 0.931 bits per heavy atom. The average Bonchev–Trinajstić information content (AvgIpc) is 4.03. The van der Waals surface area contributed by atoms with Gasteiger partial charge in [0.2, 0.25) is 0 Å². The number of hydrogen-bond acceptors (Lipinski definition) is 3. The average molecular weight is 742 g/mol. The van der Waals surface area contributed by atoms with Gasteiger partial charge in [0, 0.05) is 54.3 Å². The van der Waals surface area contributed by atoms with Gasteiger partial charge >= 0.3 is 0 Å². The molecule has 13 aromatic rings. The highest BCUT2D eigenvalue weighted by Gasteiger charge is 2.22. The topological polar surface area (TPSA) is 49.0 Å². The van der Waals surface area contributed by atoms with E-state index < -0.39 is 0 Å². The molecule has 13 rings (SSSR count). The zero-order valence-corrected chi connectivity index (χ0v) is 31.1. The number of para-hydroxylation sites is 4. The summed E-state index contributed by atoms with van der Waals surface area (Å²) in [6.45, 7) is 0. The van der Waals surface area contributed by atoms with Crippen LogP contribution < -0.4 is 0 Å². The molecule has 0 N–H and O–H groups in total. The zero-order valence-electron chi connectivity index (χ0n) is 31.1. The first kappa shape index (κ1) is 31.3. The van der Waals surface area contributed by atoms with E-state index in [4.69, 9.17) is 13.8 Å². The molecule has 0 radical (unpaired) electrons. The van der Waals surface area contributed by atoms with E-state index in [9.17, 15) is 0 Å². The fourth-order valence-corrected chi connectivity index (χ4v) is 9.35. The lowest BCUT2D eigenvalue weighted by molar-refractivity contribution is 0.668. The molecule has 0 saturated heterocycles. The molecule has 0 atom stereocenters. The fourth-order valence-electron chi connectivity index (χ4n) is 9.35. The van der Waals surface area contributed by atoms with Crippen LogP contribution in [0.25, 0.3) is 121 Å². The second kappa shape index (κ2) is 11.8. The van der Waals surface area contributed by atoms with Crippen LogP contribution in [0.4, 0.5) is 0 Å². The summed E-state index contributed by atoms with van der Waals surface area (Å²) in [4.78, 5) is 5.41. The third kappa shape index (κ3) is 4.44. The number of aromatic nitrogens is 3. The van der Waals surface area contributed by atoms with E-state index in [1.165, 1.54) is 21.5 Å². The second-order valence-corrected chi connectivity index (χ2v) is 15.1. The Labute approximate surface area is 331 Å². The van der Waals surface area contributed by atoms with Gasteiger partial charge in [0.25, 0.3) is 0 Å². The number of furan rings is 2. The Morgan fingerprint density at radius 3 is 1.69 bits per heavy atom. The quantitative estimate of drug-likeness (QED) is 0.180. The number of rotatable bonds is 4. The first-order valence-corrected chi connectivity index (χ1v) is 19.6. The lowest BCUT2D eigenvalue weighted by atomic mass is 10.0. The van der Waals surface area contributed by atoms with Crippen molar-refractivity contribution in [1.29, 1.82) is 0 Å². The standard InChI is InChI=1S/C53H31N3O2/c1-5-18-44-36(13-1)39-25-26-46-52(53(39)56(44)51-22-10-17-43(54-51)34-24-28-50-42(31-34)38-15-4-8-21-48(38)58-50)40-16-2-6-19-45(40)55(46)35-12-9-11-32(29-35)33-23-27-49-41(30-33)37-14-3-7-20-47(37)57-49/h1-31H. The maximum atomic E-state index is 6.16. The largest absolute Gasteiger partial charge is 0.456 e. The van der Waals surface area contributed by atoms with E-state index >= 15 is 0 Å². The SMILES string of the molecule is c1cc(-c2ccc3oc4ccccc4c3c2)cc(-n2c3ccccc3c3c2ccc2c4ccccc4n(-c4cccc(-c5ccc6oc7ccccc7c6c5)n4)c23)c1. The molecule has 0 bridgehead atoms. The first-order valence-electron chi connectivity index (χ1n) is 19.6. The highest BCUT2D eigenvalue weighted by Crippen LogP contribution is 2.43. The van der Waals surface area contributed by atoms with Crippen LogP contribution in [0, 0.1) is 0 Å². The van der Waals surface area contributed by atoms with Crippen molar-refractivity contribution >= 4 is 87.5 Å². The summed E-state index contributed by atoms with van der Waals surface area (Å²) >= 11 is 0. The summed E-state index contributed by atoms with van der Waals surface area (Å²) in [5, 5.41) is 9.22. The van der Waals surface area contributed by atoms with Crippen molar-refractivity contribution in [2.45, 2.75) is 0 Å². The molecule has 0 amide bonds. The number of pyridine rings is 1. The first-order chi connectivity index (χ1) is 28.7. The molecular formula is C53H31N3O2. The van der Waals surface area contributed by atoms with Crippen LogP contribution in [0.1, 0.15) is 0 Å². The van der Waals surface area contributed by atoms with Gasteiger partial charge in [-0.15, -0.1) is 0 Å². The van der Waals surface area contributed by atoms with E-state index in [1.54, 1.807) is 0 Å². The molecular weight excluding hydrogens is 711 g/mol. The van der Waals surface area contributed by atoms with Crippen LogP contribution in [0.5, 0.6) is 0 Å². The summed E-state index contributed by atoms with van der Waals surface area (Å²) in [5.41, 5.74) is 13.5. The molecule has 0 saturated carbocycles. The highest BCUT2D eigenvalue weighted by molar-refractivity contribution is 6.26.